The maximum absolute atomic E-state index is 11.6. The highest BCUT2D eigenvalue weighted by molar-refractivity contribution is 5.91. The third kappa shape index (κ3) is 3.32. The standard InChI is InChI=1S/C21H18O2/c1-14(2)21(22)23-20-11-10-18-12-17(8-9-19(18)13-20)16-6-4-15(3)5-7-16/h4-13H,1H2,2-3H3. The second-order valence-corrected chi connectivity index (χ2v) is 5.76. The average molecular weight is 302 g/mol. The monoisotopic (exact) mass is 302 g/mol. The molecule has 2 nitrogen and oxygen atoms in total. The van der Waals surface area contributed by atoms with Gasteiger partial charge in [-0.1, -0.05) is 54.6 Å². The normalized spacial score (nSPS) is 10.5. The van der Waals surface area contributed by atoms with Crippen LogP contribution in [-0.4, -0.2) is 5.97 Å². The Balaban J connectivity index is 1.94. The Labute approximate surface area is 136 Å². The zero-order valence-corrected chi connectivity index (χ0v) is 13.3. The fourth-order valence-electron chi connectivity index (χ4n) is 2.41. The van der Waals surface area contributed by atoms with Crippen molar-refractivity contribution in [3.05, 3.63) is 78.4 Å². The maximum atomic E-state index is 11.6. The summed E-state index contributed by atoms with van der Waals surface area (Å²) in [4.78, 5) is 11.6. The van der Waals surface area contributed by atoms with Crippen LogP contribution in [0.3, 0.4) is 0 Å². The van der Waals surface area contributed by atoms with E-state index in [9.17, 15) is 4.79 Å². The van der Waals surface area contributed by atoms with E-state index in [0.717, 1.165) is 10.8 Å². The number of fused-ring (bicyclic) bond motifs is 1. The van der Waals surface area contributed by atoms with Gasteiger partial charge in [0.05, 0.1) is 0 Å². The average Bonchev–Trinajstić information content (AvgIpc) is 2.55. The van der Waals surface area contributed by atoms with E-state index in [2.05, 4.69) is 49.9 Å². The summed E-state index contributed by atoms with van der Waals surface area (Å²) in [5, 5.41) is 2.14. The van der Waals surface area contributed by atoms with Crippen LogP contribution in [0.4, 0.5) is 0 Å². The van der Waals surface area contributed by atoms with E-state index >= 15 is 0 Å². The van der Waals surface area contributed by atoms with Crippen molar-refractivity contribution in [2.45, 2.75) is 13.8 Å². The molecule has 0 atom stereocenters. The molecule has 114 valence electrons. The molecular weight excluding hydrogens is 284 g/mol. The van der Waals surface area contributed by atoms with Crippen LogP contribution in [0.5, 0.6) is 5.75 Å². The lowest BCUT2D eigenvalue weighted by Gasteiger charge is -2.07. The van der Waals surface area contributed by atoms with Gasteiger partial charge in [0, 0.05) is 5.57 Å². The first-order valence-electron chi connectivity index (χ1n) is 7.51. The molecular formula is C21H18O2. The van der Waals surface area contributed by atoms with Gasteiger partial charge in [-0.3, -0.25) is 0 Å². The van der Waals surface area contributed by atoms with Crippen molar-refractivity contribution >= 4 is 16.7 Å². The molecule has 0 spiro atoms. The van der Waals surface area contributed by atoms with Gasteiger partial charge in [-0.05, 0) is 53.9 Å². The van der Waals surface area contributed by atoms with E-state index < -0.39 is 5.97 Å². The predicted octanol–water partition coefficient (Wildman–Crippen LogP) is 5.30. The van der Waals surface area contributed by atoms with Gasteiger partial charge < -0.3 is 4.74 Å². The fraction of sp³-hybridized carbons (Fsp3) is 0.0952. The third-order valence-electron chi connectivity index (χ3n) is 3.76. The van der Waals surface area contributed by atoms with Crippen molar-refractivity contribution in [2.24, 2.45) is 0 Å². The third-order valence-corrected chi connectivity index (χ3v) is 3.76. The highest BCUT2D eigenvalue weighted by atomic mass is 16.5. The summed E-state index contributed by atoms with van der Waals surface area (Å²) in [5.74, 6) is 0.134. The minimum atomic E-state index is -0.402. The molecule has 0 saturated heterocycles. The summed E-state index contributed by atoms with van der Waals surface area (Å²) in [6, 6.07) is 20.4. The van der Waals surface area contributed by atoms with Crippen molar-refractivity contribution in [1.29, 1.82) is 0 Å². The molecule has 0 aliphatic heterocycles. The van der Waals surface area contributed by atoms with Crippen LogP contribution in [-0.2, 0) is 4.79 Å². The van der Waals surface area contributed by atoms with Crippen LogP contribution >= 0.6 is 0 Å². The van der Waals surface area contributed by atoms with E-state index in [4.69, 9.17) is 4.74 Å². The lowest BCUT2D eigenvalue weighted by atomic mass is 10.0. The Morgan fingerprint density at radius 1 is 0.870 bits per heavy atom. The number of aryl methyl sites for hydroxylation is 1. The van der Waals surface area contributed by atoms with Crippen molar-refractivity contribution < 1.29 is 9.53 Å². The van der Waals surface area contributed by atoms with Crippen LogP contribution in [0.25, 0.3) is 21.9 Å². The molecule has 0 heterocycles. The van der Waals surface area contributed by atoms with Crippen LogP contribution in [0, 0.1) is 6.92 Å². The van der Waals surface area contributed by atoms with Gasteiger partial charge in [-0.2, -0.15) is 0 Å². The Morgan fingerprint density at radius 2 is 1.48 bits per heavy atom. The van der Waals surface area contributed by atoms with Crippen molar-refractivity contribution in [2.75, 3.05) is 0 Å². The molecule has 0 fully saturated rings. The summed E-state index contributed by atoms with van der Waals surface area (Å²) < 4.78 is 5.27. The maximum Gasteiger partial charge on any atom is 0.338 e. The number of benzene rings is 3. The number of rotatable bonds is 3. The summed E-state index contributed by atoms with van der Waals surface area (Å²) in [7, 11) is 0. The molecule has 0 unspecified atom stereocenters. The van der Waals surface area contributed by atoms with Crippen LogP contribution < -0.4 is 4.74 Å². The molecule has 0 radical (unpaired) electrons. The van der Waals surface area contributed by atoms with Crippen molar-refractivity contribution in [3.8, 4) is 16.9 Å². The zero-order valence-electron chi connectivity index (χ0n) is 13.3. The summed E-state index contributed by atoms with van der Waals surface area (Å²) >= 11 is 0. The van der Waals surface area contributed by atoms with Gasteiger partial charge in [-0.15, -0.1) is 0 Å². The zero-order chi connectivity index (χ0) is 16.4. The topological polar surface area (TPSA) is 26.3 Å². The summed E-state index contributed by atoms with van der Waals surface area (Å²) in [5.41, 5.74) is 4.00. The van der Waals surface area contributed by atoms with E-state index in [0.29, 0.717) is 11.3 Å². The van der Waals surface area contributed by atoms with E-state index in [1.165, 1.54) is 16.7 Å². The molecule has 0 N–H and O–H groups in total. The molecule has 3 aromatic rings. The Kier molecular flexibility index (Phi) is 3.98. The second kappa shape index (κ2) is 6.09. The number of carbonyl (C=O) groups is 1. The van der Waals surface area contributed by atoms with E-state index in [1.54, 1.807) is 6.92 Å². The van der Waals surface area contributed by atoms with Gasteiger partial charge in [0.2, 0.25) is 0 Å². The molecule has 0 saturated carbocycles. The molecule has 0 aliphatic rings. The highest BCUT2D eigenvalue weighted by Gasteiger charge is 2.06. The number of esters is 1. The summed E-state index contributed by atoms with van der Waals surface area (Å²) in [6.45, 7) is 7.31. The number of ether oxygens (including phenoxy) is 1. The van der Waals surface area contributed by atoms with Crippen LogP contribution in [0.15, 0.2) is 72.8 Å². The number of hydrogen-bond donors (Lipinski definition) is 0. The molecule has 3 aromatic carbocycles. The van der Waals surface area contributed by atoms with Crippen molar-refractivity contribution in [1.82, 2.24) is 0 Å². The largest absolute Gasteiger partial charge is 0.423 e. The van der Waals surface area contributed by atoms with Gasteiger partial charge in [0.25, 0.3) is 0 Å². The Bertz CT molecular complexity index is 889. The fourth-order valence-corrected chi connectivity index (χ4v) is 2.41. The smallest absolute Gasteiger partial charge is 0.338 e. The minimum absolute atomic E-state index is 0.389. The lowest BCUT2D eigenvalue weighted by molar-refractivity contribution is -0.130. The molecule has 23 heavy (non-hydrogen) atoms. The first kappa shape index (κ1) is 15.0. The molecule has 3 rings (SSSR count). The predicted molar refractivity (Wildman–Crippen MR) is 94.6 cm³/mol. The summed E-state index contributed by atoms with van der Waals surface area (Å²) in [6.07, 6.45) is 0. The molecule has 0 bridgehead atoms. The second-order valence-electron chi connectivity index (χ2n) is 5.76. The minimum Gasteiger partial charge on any atom is -0.423 e. The SMILES string of the molecule is C=C(C)C(=O)Oc1ccc2cc(-c3ccc(C)cc3)ccc2c1. The number of carbonyl (C=O) groups excluding carboxylic acids is 1. The molecule has 2 heteroatoms. The Hall–Kier alpha value is -2.87. The Morgan fingerprint density at radius 3 is 2.17 bits per heavy atom. The van der Waals surface area contributed by atoms with E-state index in [1.807, 2.05) is 24.3 Å². The first-order valence-corrected chi connectivity index (χ1v) is 7.51. The first-order chi connectivity index (χ1) is 11.0. The number of hydrogen-bond acceptors (Lipinski definition) is 2. The van der Waals surface area contributed by atoms with Crippen LogP contribution in [0.1, 0.15) is 12.5 Å². The van der Waals surface area contributed by atoms with Gasteiger partial charge >= 0.3 is 5.97 Å². The molecule has 0 amide bonds. The van der Waals surface area contributed by atoms with Gasteiger partial charge in [0.15, 0.2) is 0 Å². The van der Waals surface area contributed by atoms with E-state index in [-0.39, 0.29) is 0 Å². The quantitative estimate of drug-likeness (QED) is 0.373. The molecule has 0 aliphatic carbocycles. The van der Waals surface area contributed by atoms with Crippen LogP contribution in [0.2, 0.25) is 0 Å². The van der Waals surface area contributed by atoms with Gasteiger partial charge in [-0.25, -0.2) is 4.79 Å². The van der Waals surface area contributed by atoms with Crippen molar-refractivity contribution in [3.63, 3.8) is 0 Å². The molecule has 0 aromatic heterocycles. The van der Waals surface area contributed by atoms with Gasteiger partial charge in [0.1, 0.15) is 5.75 Å². The highest BCUT2D eigenvalue weighted by Crippen LogP contribution is 2.27. The lowest BCUT2D eigenvalue weighted by Crippen LogP contribution is -2.07.